The number of quaternary nitrogens is 1. The van der Waals surface area contributed by atoms with Gasteiger partial charge in [-0.05, 0) is 42.2 Å². The number of nitrogens with one attached hydrogen (secondary N) is 1. The fraction of sp³-hybridized carbons (Fsp3) is 0.435. The van der Waals surface area contributed by atoms with Gasteiger partial charge in [0, 0.05) is 30.6 Å². The molecule has 1 unspecified atom stereocenters. The largest absolute Gasteiger partial charge is 0.490 e. The number of hydrogen-bond acceptors (Lipinski definition) is 3. The zero-order valence-electron chi connectivity index (χ0n) is 16.2. The first kappa shape index (κ1) is 17.6. The Balaban J connectivity index is 1.31. The number of aryl methyl sites for hydroxylation is 1. The van der Waals surface area contributed by atoms with Crippen LogP contribution in [0.25, 0.3) is 0 Å². The molecule has 0 aromatic heterocycles. The first-order valence-electron chi connectivity index (χ1n) is 10.4. The third-order valence-electron chi connectivity index (χ3n) is 6.07. The highest BCUT2D eigenvalue weighted by molar-refractivity contribution is 5.95. The maximum atomic E-state index is 13.1. The molecule has 1 amide bonds. The Morgan fingerprint density at radius 1 is 0.964 bits per heavy atom. The minimum atomic E-state index is 0.236. The van der Waals surface area contributed by atoms with Gasteiger partial charge in [-0.3, -0.25) is 4.79 Å². The van der Waals surface area contributed by atoms with Gasteiger partial charge in [0.25, 0.3) is 5.91 Å². The number of ether oxygens (including phenoxy) is 2. The first-order chi connectivity index (χ1) is 13.8. The molecule has 1 N–H and O–H groups in total. The normalized spacial score (nSPS) is 20.7. The molecule has 0 radical (unpaired) electrons. The lowest BCUT2D eigenvalue weighted by Gasteiger charge is -2.32. The van der Waals surface area contributed by atoms with E-state index in [-0.39, 0.29) is 5.91 Å². The molecule has 2 aromatic carbocycles. The molecule has 2 aromatic rings. The Kier molecular flexibility index (Phi) is 4.69. The molecule has 146 valence electrons. The van der Waals surface area contributed by atoms with Gasteiger partial charge in [0.1, 0.15) is 6.54 Å². The van der Waals surface area contributed by atoms with Gasteiger partial charge >= 0.3 is 0 Å². The molecular weight excluding hydrogens is 352 g/mol. The zero-order valence-corrected chi connectivity index (χ0v) is 16.2. The second kappa shape index (κ2) is 7.47. The molecule has 0 aliphatic carbocycles. The summed E-state index contributed by atoms with van der Waals surface area (Å²) in [5.41, 5.74) is 5.02. The lowest BCUT2D eigenvalue weighted by molar-refractivity contribution is -0.907. The zero-order chi connectivity index (χ0) is 18.9. The molecular formula is C23H27N2O3+. The SMILES string of the molecule is O=C(C[NH+]1CCc2cc3c(cc2C1)OCCCO3)N1CCCc2ccccc21. The fourth-order valence-electron chi connectivity index (χ4n) is 4.61. The van der Waals surface area contributed by atoms with Gasteiger partial charge in [0.05, 0.1) is 19.8 Å². The Hall–Kier alpha value is -2.53. The Morgan fingerprint density at radius 2 is 1.75 bits per heavy atom. The Bertz CT molecular complexity index is 895. The van der Waals surface area contributed by atoms with E-state index in [9.17, 15) is 4.79 Å². The number of rotatable bonds is 2. The van der Waals surface area contributed by atoms with Gasteiger partial charge in [-0.25, -0.2) is 0 Å². The summed E-state index contributed by atoms with van der Waals surface area (Å²) >= 11 is 0. The monoisotopic (exact) mass is 379 g/mol. The fourth-order valence-corrected chi connectivity index (χ4v) is 4.61. The second-order valence-corrected chi connectivity index (χ2v) is 8.00. The average molecular weight is 379 g/mol. The van der Waals surface area contributed by atoms with Crippen LogP contribution in [0.4, 0.5) is 5.69 Å². The van der Waals surface area contributed by atoms with Crippen LogP contribution in [0, 0.1) is 0 Å². The van der Waals surface area contributed by atoms with Crippen LogP contribution in [-0.4, -0.2) is 38.8 Å². The lowest BCUT2D eigenvalue weighted by atomic mass is 9.98. The highest BCUT2D eigenvalue weighted by Crippen LogP contribution is 2.33. The molecule has 5 nitrogen and oxygen atoms in total. The predicted molar refractivity (Wildman–Crippen MR) is 107 cm³/mol. The molecule has 1 atom stereocenters. The molecule has 3 aliphatic rings. The molecule has 3 aliphatic heterocycles. The van der Waals surface area contributed by atoms with Crippen molar-refractivity contribution in [3.63, 3.8) is 0 Å². The van der Waals surface area contributed by atoms with Gasteiger partial charge in [-0.2, -0.15) is 0 Å². The molecule has 0 saturated carbocycles. The van der Waals surface area contributed by atoms with Gasteiger partial charge in [0.15, 0.2) is 18.0 Å². The summed E-state index contributed by atoms with van der Waals surface area (Å²) in [5.74, 6) is 1.97. The van der Waals surface area contributed by atoms with E-state index < -0.39 is 0 Å². The Labute approximate surface area is 165 Å². The second-order valence-electron chi connectivity index (χ2n) is 8.00. The van der Waals surface area contributed by atoms with Crippen molar-refractivity contribution in [3.8, 4) is 11.5 Å². The minimum absolute atomic E-state index is 0.236. The van der Waals surface area contributed by atoms with E-state index in [0.29, 0.717) is 13.2 Å². The molecule has 0 saturated heterocycles. The summed E-state index contributed by atoms with van der Waals surface area (Å²) in [6.07, 6.45) is 4.01. The van der Waals surface area contributed by atoms with Crippen molar-refractivity contribution >= 4 is 11.6 Å². The van der Waals surface area contributed by atoms with Crippen LogP contribution < -0.4 is 19.3 Å². The van der Waals surface area contributed by atoms with E-state index in [1.165, 1.54) is 21.6 Å². The maximum Gasteiger partial charge on any atom is 0.282 e. The highest BCUT2D eigenvalue weighted by Gasteiger charge is 2.28. The van der Waals surface area contributed by atoms with E-state index in [1.54, 1.807) is 0 Å². The van der Waals surface area contributed by atoms with Crippen molar-refractivity contribution in [2.75, 3.05) is 37.7 Å². The van der Waals surface area contributed by atoms with Crippen molar-refractivity contribution in [3.05, 3.63) is 53.1 Å². The van der Waals surface area contributed by atoms with E-state index in [1.807, 2.05) is 11.0 Å². The number of anilines is 1. The summed E-state index contributed by atoms with van der Waals surface area (Å²) in [5, 5.41) is 0. The lowest BCUT2D eigenvalue weighted by Crippen LogP contribution is -3.13. The summed E-state index contributed by atoms with van der Waals surface area (Å²) in [7, 11) is 0. The summed E-state index contributed by atoms with van der Waals surface area (Å²) in [6, 6.07) is 12.6. The molecule has 5 rings (SSSR count). The van der Waals surface area contributed by atoms with Crippen LogP contribution in [0.2, 0.25) is 0 Å². The number of amides is 1. The number of benzene rings is 2. The van der Waals surface area contributed by atoms with E-state index >= 15 is 0 Å². The van der Waals surface area contributed by atoms with Crippen molar-refractivity contribution in [1.29, 1.82) is 0 Å². The van der Waals surface area contributed by atoms with Crippen molar-refractivity contribution in [1.82, 2.24) is 0 Å². The Morgan fingerprint density at radius 3 is 2.61 bits per heavy atom. The van der Waals surface area contributed by atoms with Crippen molar-refractivity contribution in [2.24, 2.45) is 0 Å². The van der Waals surface area contributed by atoms with Crippen LogP contribution in [0.5, 0.6) is 11.5 Å². The number of carbonyl (C=O) groups excluding carboxylic acids is 1. The first-order valence-corrected chi connectivity index (χ1v) is 10.4. The molecule has 3 heterocycles. The maximum absolute atomic E-state index is 13.1. The minimum Gasteiger partial charge on any atom is -0.490 e. The van der Waals surface area contributed by atoms with E-state index in [4.69, 9.17) is 9.47 Å². The van der Waals surface area contributed by atoms with E-state index in [2.05, 4.69) is 30.3 Å². The predicted octanol–water partition coefficient (Wildman–Crippen LogP) is 1.77. The summed E-state index contributed by atoms with van der Waals surface area (Å²) in [6.45, 7) is 4.64. The topological polar surface area (TPSA) is 43.2 Å². The van der Waals surface area contributed by atoms with Crippen LogP contribution >= 0.6 is 0 Å². The number of nitrogens with zero attached hydrogens (tertiary/aromatic N) is 1. The van der Waals surface area contributed by atoms with Crippen LogP contribution in [0.15, 0.2) is 36.4 Å². The summed E-state index contributed by atoms with van der Waals surface area (Å²) in [4.78, 5) is 16.4. The standard InChI is InChI=1S/C23H26N2O3/c26-23(25-9-3-6-17-5-1-2-7-20(17)25)16-24-10-8-18-13-21-22(14-19(18)15-24)28-12-4-11-27-21/h1-2,5,7,13-14H,3-4,6,8-12,15-16H2/p+1. The van der Waals surface area contributed by atoms with Crippen molar-refractivity contribution in [2.45, 2.75) is 32.2 Å². The number of carbonyl (C=O) groups is 1. The number of hydrogen-bond donors (Lipinski definition) is 1. The van der Waals surface area contributed by atoms with Crippen LogP contribution in [0.1, 0.15) is 29.5 Å². The average Bonchev–Trinajstić information content (AvgIpc) is 2.96. The third-order valence-corrected chi connectivity index (χ3v) is 6.07. The molecule has 28 heavy (non-hydrogen) atoms. The molecule has 0 fully saturated rings. The van der Waals surface area contributed by atoms with Crippen LogP contribution in [0.3, 0.4) is 0 Å². The summed E-state index contributed by atoms with van der Waals surface area (Å²) < 4.78 is 11.7. The number of para-hydroxylation sites is 1. The highest BCUT2D eigenvalue weighted by atomic mass is 16.5. The van der Waals surface area contributed by atoms with Crippen molar-refractivity contribution < 1.29 is 19.2 Å². The van der Waals surface area contributed by atoms with Gasteiger partial charge in [0.2, 0.25) is 0 Å². The number of fused-ring (bicyclic) bond motifs is 3. The molecule has 0 spiro atoms. The van der Waals surface area contributed by atoms with Gasteiger partial charge in [-0.1, -0.05) is 18.2 Å². The van der Waals surface area contributed by atoms with E-state index in [0.717, 1.165) is 69.1 Å². The smallest absolute Gasteiger partial charge is 0.282 e. The van der Waals surface area contributed by atoms with Gasteiger partial charge in [-0.15, -0.1) is 0 Å². The van der Waals surface area contributed by atoms with Gasteiger partial charge < -0.3 is 19.3 Å². The third kappa shape index (κ3) is 3.35. The van der Waals surface area contributed by atoms with Crippen LogP contribution in [-0.2, 0) is 24.2 Å². The quantitative estimate of drug-likeness (QED) is 0.865. The molecule has 5 heteroatoms. The molecule has 0 bridgehead atoms.